The van der Waals surface area contributed by atoms with E-state index >= 15 is 0 Å². The van der Waals surface area contributed by atoms with E-state index in [-0.39, 0.29) is 0 Å². The maximum absolute atomic E-state index is 4.87. The molecule has 1 aromatic rings. The summed E-state index contributed by atoms with van der Waals surface area (Å²) in [4.78, 5) is 4.87. The quantitative estimate of drug-likeness (QED) is 0.614. The highest BCUT2D eigenvalue weighted by Crippen LogP contribution is 2.23. The third kappa shape index (κ3) is 5.44. The molecule has 1 aromatic heterocycles. The lowest BCUT2D eigenvalue weighted by Gasteiger charge is -2.29. The number of aromatic nitrogens is 3. The number of nitrogens with zero attached hydrogens (tertiary/aromatic N) is 4. The Bertz CT molecular complexity index is 538. The van der Waals surface area contributed by atoms with Crippen LogP contribution in [0.4, 0.5) is 0 Å². The van der Waals surface area contributed by atoms with Crippen molar-refractivity contribution >= 4 is 5.96 Å². The number of nitrogens with one attached hydrogen (secondary N) is 2. The van der Waals surface area contributed by atoms with Gasteiger partial charge in [-0.15, -0.1) is 10.2 Å². The first-order chi connectivity index (χ1) is 12.2. The second-order valence-electron chi connectivity index (χ2n) is 7.75. The Hall–Kier alpha value is -1.59. The molecule has 3 rings (SSSR count). The van der Waals surface area contributed by atoms with Gasteiger partial charge in [0.1, 0.15) is 12.2 Å². The van der Waals surface area contributed by atoms with E-state index in [0.717, 1.165) is 37.2 Å². The largest absolute Gasteiger partial charge is 0.354 e. The molecule has 2 saturated carbocycles. The van der Waals surface area contributed by atoms with Crippen molar-refractivity contribution < 1.29 is 0 Å². The van der Waals surface area contributed by atoms with Crippen molar-refractivity contribution in [1.82, 2.24) is 25.4 Å². The molecule has 6 nitrogen and oxygen atoms in total. The van der Waals surface area contributed by atoms with Crippen molar-refractivity contribution in [3.05, 3.63) is 12.2 Å². The molecule has 0 amide bonds. The van der Waals surface area contributed by atoms with E-state index in [4.69, 9.17) is 4.99 Å². The van der Waals surface area contributed by atoms with Crippen molar-refractivity contribution in [2.45, 2.75) is 90.3 Å². The summed E-state index contributed by atoms with van der Waals surface area (Å²) in [5.41, 5.74) is 0. The Kier molecular flexibility index (Phi) is 6.70. The number of hydrogen-bond donors (Lipinski definition) is 2. The predicted octanol–water partition coefficient (Wildman–Crippen LogP) is 2.90. The Morgan fingerprint density at radius 1 is 1.12 bits per heavy atom. The normalized spacial score (nSPS) is 25.3. The molecule has 0 atom stereocenters. The fourth-order valence-corrected chi connectivity index (χ4v) is 4.00. The Balaban J connectivity index is 1.56. The molecule has 0 aromatic carbocycles. The Morgan fingerprint density at radius 2 is 1.80 bits per heavy atom. The van der Waals surface area contributed by atoms with Gasteiger partial charge in [0.05, 0.1) is 6.54 Å². The van der Waals surface area contributed by atoms with Crippen LogP contribution in [0.1, 0.15) is 71.0 Å². The van der Waals surface area contributed by atoms with E-state index in [9.17, 15) is 0 Å². The zero-order chi connectivity index (χ0) is 17.5. The van der Waals surface area contributed by atoms with Crippen LogP contribution in [0.25, 0.3) is 0 Å². The van der Waals surface area contributed by atoms with Crippen LogP contribution in [0.15, 0.2) is 11.3 Å². The van der Waals surface area contributed by atoms with Crippen LogP contribution in [0.5, 0.6) is 0 Å². The summed E-state index contributed by atoms with van der Waals surface area (Å²) in [5, 5.41) is 15.5. The third-order valence-electron chi connectivity index (χ3n) is 5.68. The summed E-state index contributed by atoms with van der Waals surface area (Å²) in [6, 6.07) is 1.17. The average molecular weight is 347 g/mol. The van der Waals surface area contributed by atoms with Crippen LogP contribution in [0.2, 0.25) is 0 Å². The highest BCUT2D eigenvalue weighted by atomic mass is 15.3. The second-order valence-corrected chi connectivity index (χ2v) is 7.75. The zero-order valence-corrected chi connectivity index (χ0v) is 15.9. The van der Waals surface area contributed by atoms with E-state index in [1.54, 1.807) is 0 Å². The molecule has 2 aliphatic rings. The standard InChI is InChI=1S/C19H34N6/c1-3-18-24-21-14-25(18)13-12-20-19(22-16-6-4-5-7-16)23-17-10-8-15(2)9-11-17/h14-17H,3-13H2,1-2H3,(H2,20,22,23). The van der Waals surface area contributed by atoms with Crippen molar-refractivity contribution in [2.24, 2.45) is 10.9 Å². The lowest BCUT2D eigenvalue weighted by molar-refractivity contribution is 0.328. The topological polar surface area (TPSA) is 67.1 Å². The van der Waals surface area contributed by atoms with Gasteiger partial charge in [0.2, 0.25) is 0 Å². The maximum atomic E-state index is 4.87. The minimum absolute atomic E-state index is 0.574. The molecule has 0 radical (unpaired) electrons. The van der Waals surface area contributed by atoms with E-state index in [2.05, 4.69) is 39.2 Å². The van der Waals surface area contributed by atoms with Gasteiger partial charge in [0, 0.05) is 25.0 Å². The van der Waals surface area contributed by atoms with Gasteiger partial charge in [0.15, 0.2) is 5.96 Å². The fourth-order valence-electron chi connectivity index (χ4n) is 4.00. The highest BCUT2D eigenvalue weighted by Gasteiger charge is 2.21. The molecule has 0 aliphatic heterocycles. The van der Waals surface area contributed by atoms with Gasteiger partial charge in [-0.3, -0.25) is 4.99 Å². The molecule has 2 N–H and O–H groups in total. The number of guanidine groups is 1. The molecule has 2 fully saturated rings. The molecule has 0 bridgehead atoms. The molecule has 0 spiro atoms. The van der Waals surface area contributed by atoms with Crippen molar-refractivity contribution in [2.75, 3.05) is 6.54 Å². The molecular formula is C19H34N6. The molecule has 25 heavy (non-hydrogen) atoms. The minimum Gasteiger partial charge on any atom is -0.354 e. The van der Waals surface area contributed by atoms with E-state index in [1.807, 2.05) is 6.33 Å². The summed E-state index contributed by atoms with van der Waals surface area (Å²) in [6.07, 6.45) is 13.1. The minimum atomic E-state index is 0.574. The van der Waals surface area contributed by atoms with Crippen LogP contribution in [0, 0.1) is 5.92 Å². The van der Waals surface area contributed by atoms with Crippen LogP contribution in [-0.2, 0) is 13.0 Å². The third-order valence-corrected chi connectivity index (χ3v) is 5.68. The number of rotatable bonds is 6. The first-order valence-corrected chi connectivity index (χ1v) is 10.2. The molecule has 0 saturated heterocycles. The smallest absolute Gasteiger partial charge is 0.191 e. The highest BCUT2D eigenvalue weighted by molar-refractivity contribution is 5.80. The van der Waals surface area contributed by atoms with Gasteiger partial charge in [0.25, 0.3) is 0 Å². The summed E-state index contributed by atoms with van der Waals surface area (Å²) in [5.74, 6) is 2.93. The van der Waals surface area contributed by atoms with Crippen molar-refractivity contribution in [3.8, 4) is 0 Å². The predicted molar refractivity (Wildman–Crippen MR) is 102 cm³/mol. The molecule has 1 heterocycles. The van der Waals surface area contributed by atoms with Crippen LogP contribution in [-0.4, -0.2) is 39.4 Å². The summed E-state index contributed by atoms with van der Waals surface area (Å²) in [7, 11) is 0. The van der Waals surface area contributed by atoms with Gasteiger partial charge < -0.3 is 15.2 Å². The first-order valence-electron chi connectivity index (χ1n) is 10.2. The average Bonchev–Trinajstić information content (AvgIpc) is 3.28. The van der Waals surface area contributed by atoms with Gasteiger partial charge >= 0.3 is 0 Å². The Morgan fingerprint density at radius 3 is 2.48 bits per heavy atom. The van der Waals surface area contributed by atoms with E-state index < -0.39 is 0 Å². The monoisotopic (exact) mass is 346 g/mol. The van der Waals surface area contributed by atoms with Crippen molar-refractivity contribution in [3.63, 3.8) is 0 Å². The van der Waals surface area contributed by atoms with Gasteiger partial charge in [-0.1, -0.05) is 26.7 Å². The van der Waals surface area contributed by atoms with Crippen molar-refractivity contribution in [1.29, 1.82) is 0 Å². The molecule has 140 valence electrons. The Labute approximate surface area is 151 Å². The first kappa shape index (κ1) is 18.2. The van der Waals surface area contributed by atoms with E-state index in [1.165, 1.54) is 51.4 Å². The summed E-state index contributed by atoms with van der Waals surface area (Å²) < 4.78 is 2.11. The number of aliphatic imine (C=N–C) groups is 1. The summed E-state index contributed by atoms with van der Waals surface area (Å²) >= 11 is 0. The maximum Gasteiger partial charge on any atom is 0.191 e. The molecule has 2 aliphatic carbocycles. The molecular weight excluding hydrogens is 312 g/mol. The number of hydrogen-bond acceptors (Lipinski definition) is 3. The molecule has 6 heteroatoms. The molecule has 0 unspecified atom stereocenters. The SMILES string of the molecule is CCc1nncn1CCN=C(NC1CCCC1)NC1CCC(C)CC1. The lowest BCUT2D eigenvalue weighted by Crippen LogP contribution is -2.47. The van der Waals surface area contributed by atoms with Gasteiger partial charge in [-0.25, -0.2) is 0 Å². The van der Waals surface area contributed by atoms with Crippen LogP contribution < -0.4 is 10.6 Å². The van der Waals surface area contributed by atoms with Gasteiger partial charge in [-0.05, 0) is 44.4 Å². The van der Waals surface area contributed by atoms with Crippen LogP contribution >= 0.6 is 0 Å². The fraction of sp³-hybridized carbons (Fsp3) is 0.842. The zero-order valence-electron chi connectivity index (χ0n) is 15.9. The van der Waals surface area contributed by atoms with Crippen LogP contribution in [0.3, 0.4) is 0 Å². The van der Waals surface area contributed by atoms with E-state index in [0.29, 0.717) is 12.1 Å². The second kappa shape index (κ2) is 9.20. The lowest BCUT2D eigenvalue weighted by atomic mass is 9.87. The van der Waals surface area contributed by atoms with Gasteiger partial charge in [-0.2, -0.15) is 0 Å². The number of aryl methyl sites for hydroxylation is 1. The summed E-state index contributed by atoms with van der Waals surface area (Å²) in [6.45, 7) is 6.08.